The molecule has 0 spiro atoms. The van der Waals surface area contributed by atoms with Crippen LogP contribution in [0.2, 0.25) is 0 Å². The molecule has 0 aliphatic carbocycles. The minimum atomic E-state index is -0.313. The molecule has 1 unspecified atom stereocenters. The lowest BCUT2D eigenvalue weighted by Crippen LogP contribution is -2.34. The molecule has 2 aromatic rings. The highest BCUT2D eigenvalue weighted by Crippen LogP contribution is 2.22. The van der Waals surface area contributed by atoms with E-state index >= 15 is 0 Å². The number of piperidine rings is 1. The molecule has 1 aromatic heterocycles. The van der Waals surface area contributed by atoms with Gasteiger partial charge in [0.2, 0.25) is 5.95 Å². The van der Waals surface area contributed by atoms with Gasteiger partial charge in [-0.25, -0.2) is 9.78 Å². The van der Waals surface area contributed by atoms with Crippen molar-refractivity contribution < 1.29 is 9.53 Å². The Kier molecular flexibility index (Phi) is 5.48. The summed E-state index contributed by atoms with van der Waals surface area (Å²) in [6.45, 7) is 6.51. The zero-order chi connectivity index (χ0) is 17.6. The van der Waals surface area contributed by atoms with Crippen LogP contribution in [0, 0.1) is 5.92 Å². The number of nitrogens with one attached hydrogen (secondary N) is 1. The first-order valence-electron chi connectivity index (χ1n) is 8.78. The maximum Gasteiger partial charge on any atom is 0.338 e. The van der Waals surface area contributed by atoms with Crippen molar-refractivity contribution in [2.24, 2.45) is 5.92 Å². The number of anilines is 3. The summed E-state index contributed by atoms with van der Waals surface area (Å²) in [4.78, 5) is 22.9. The number of nitrogens with zero attached hydrogens (tertiary/aromatic N) is 3. The SMILES string of the molecule is CCOC(=O)c1ccc(Nc2nccc(N3CCCC(C)C3)n2)cc1. The Morgan fingerprint density at radius 1 is 1.32 bits per heavy atom. The van der Waals surface area contributed by atoms with Crippen LogP contribution in [0.4, 0.5) is 17.5 Å². The second-order valence-electron chi connectivity index (χ2n) is 6.35. The van der Waals surface area contributed by atoms with Gasteiger partial charge in [0.15, 0.2) is 0 Å². The van der Waals surface area contributed by atoms with Crippen LogP contribution in [-0.4, -0.2) is 35.6 Å². The van der Waals surface area contributed by atoms with E-state index in [1.807, 2.05) is 18.2 Å². The van der Waals surface area contributed by atoms with Crippen molar-refractivity contribution in [1.29, 1.82) is 0 Å². The fraction of sp³-hybridized carbons (Fsp3) is 0.421. The highest BCUT2D eigenvalue weighted by atomic mass is 16.5. The molecule has 0 saturated carbocycles. The molecule has 132 valence electrons. The third kappa shape index (κ3) is 4.47. The summed E-state index contributed by atoms with van der Waals surface area (Å²) in [5.41, 5.74) is 1.36. The van der Waals surface area contributed by atoms with Crippen LogP contribution in [0.5, 0.6) is 0 Å². The van der Waals surface area contributed by atoms with Crippen LogP contribution >= 0.6 is 0 Å². The minimum absolute atomic E-state index is 0.313. The van der Waals surface area contributed by atoms with Crippen molar-refractivity contribution in [2.45, 2.75) is 26.7 Å². The normalized spacial score (nSPS) is 17.2. The zero-order valence-corrected chi connectivity index (χ0v) is 14.7. The Labute approximate surface area is 148 Å². The predicted octanol–water partition coefficient (Wildman–Crippen LogP) is 3.63. The van der Waals surface area contributed by atoms with Gasteiger partial charge in [-0.3, -0.25) is 0 Å². The maximum atomic E-state index is 11.7. The molecule has 1 aliphatic heterocycles. The van der Waals surface area contributed by atoms with Gasteiger partial charge in [0.25, 0.3) is 0 Å². The van der Waals surface area contributed by atoms with E-state index in [-0.39, 0.29) is 5.97 Å². The predicted molar refractivity (Wildman–Crippen MR) is 98.3 cm³/mol. The lowest BCUT2D eigenvalue weighted by atomic mass is 10.0. The molecule has 0 bridgehead atoms. The first-order chi connectivity index (χ1) is 12.2. The van der Waals surface area contributed by atoms with E-state index in [0.717, 1.165) is 24.6 Å². The summed E-state index contributed by atoms with van der Waals surface area (Å²) < 4.78 is 4.99. The molecule has 6 nitrogen and oxygen atoms in total. The molecule has 1 atom stereocenters. The largest absolute Gasteiger partial charge is 0.462 e. The van der Waals surface area contributed by atoms with Crippen molar-refractivity contribution in [3.05, 3.63) is 42.1 Å². The molecule has 0 amide bonds. The third-order valence-corrected chi connectivity index (χ3v) is 4.27. The van der Waals surface area contributed by atoms with Crippen LogP contribution in [-0.2, 0) is 4.74 Å². The zero-order valence-electron chi connectivity index (χ0n) is 14.7. The van der Waals surface area contributed by atoms with Crippen molar-refractivity contribution in [1.82, 2.24) is 9.97 Å². The van der Waals surface area contributed by atoms with Gasteiger partial charge in [0.1, 0.15) is 5.82 Å². The lowest BCUT2D eigenvalue weighted by molar-refractivity contribution is 0.0526. The van der Waals surface area contributed by atoms with Crippen LogP contribution in [0.3, 0.4) is 0 Å². The second kappa shape index (κ2) is 7.96. The summed E-state index contributed by atoms with van der Waals surface area (Å²) in [6.07, 6.45) is 4.25. The van der Waals surface area contributed by atoms with Gasteiger partial charge in [0, 0.05) is 25.0 Å². The highest BCUT2D eigenvalue weighted by molar-refractivity contribution is 5.89. The standard InChI is InChI=1S/C19H24N4O2/c1-3-25-18(24)15-6-8-16(9-7-15)21-19-20-11-10-17(22-19)23-12-4-5-14(2)13-23/h6-11,14H,3-5,12-13H2,1-2H3,(H,20,21,22). The van der Waals surface area contributed by atoms with Crippen LogP contribution < -0.4 is 10.2 Å². The number of esters is 1. The topological polar surface area (TPSA) is 67.3 Å². The Hall–Kier alpha value is -2.63. The fourth-order valence-corrected chi connectivity index (χ4v) is 3.02. The van der Waals surface area contributed by atoms with Crippen molar-refractivity contribution >= 4 is 23.4 Å². The van der Waals surface area contributed by atoms with E-state index in [4.69, 9.17) is 4.74 Å². The summed E-state index contributed by atoms with van der Waals surface area (Å²) in [7, 11) is 0. The van der Waals surface area contributed by atoms with E-state index in [1.165, 1.54) is 12.8 Å². The summed E-state index contributed by atoms with van der Waals surface area (Å²) in [6, 6.07) is 9.07. The highest BCUT2D eigenvalue weighted by Gasteiger charge is 2.18. The molecule has 3 rings (SSSR count). The molecular formula is C19H24N4O2. The molecule has 1 aliphatic rings. The van der Waals surface area contributed by atoms with Gasteiger partial charge in [0.05, 0.1) is 12.2 Å². The molecule has 25 heavy (non-hydrogen) atoms. The lowest BCUT2D eigenvalue weighted by Gasteiger charge is -2.31. The van der Waals surface area contributed by atoms with E-state index in [1.54, 1.807) is 25.3 Å². The van der Waals surface area contributed by atoms with E-state index in [2.05, 4.69) is 27.1 Å². The average Bonchev–Trinajstić information content (AvgIpc) is 2.63. The average molecular weight is 340 g/mol. The summed E-state index contributed by atoms with van der Waals surface area (Å²) >= 11 is 0. The Morgan fingerprint density at radius 2 is 2.12 bits per heavy atom. The molecule has 1 aromatic carbocycles. The third-order valence-electron chi connectivity index (χ3n) is 4.27. The number of benzene rings is 1. The molecule has 2 heterocycles. The molecule has 6 heteroatoms. The van der Waals surface area contributed by atoms with Crippen molar-refractivity contribution in [3.8, 4) is 0 Å². The van der Waals surface area contributed by atoms with Crippen LogP contribution in [0.1, 0.15) is 37.0 Å². The van der Waals surface area contributed by atoms with E-state index in [0.29, 0.717) is 24.0 Å². The fourth-order valence-electron chi connectivity index (χ4n) is 3.02. The molecule has 0 radical (unpaired) electrons. The number of carbonyl (C=O) groups is 1. The smallest absolute Gasteiger partial charge is 0.338 e. The van der Waals surface area contributed by atoms with E-state index in [9.17, 15) is 4.79 Å². The van der Waals surface area contributed by atoms with Gasteiger partial charge in [-0.15, -0.1) is 0 Å². The van der Waals surface area contributed by atoms with Gasteiger partial charge < -0.3 is 15.0 Å². The number of ether oxygens (including phenoxy) is 1. The van der Waals surface area contributed by atoms with Crippen LogP contribution in [0.15, 0.2) is 36.5 Å². The molecule has 1 saturated heterocycles. The monoisotopic (exact) mass is 340 g/mol. The first-order valence-corrected chi connectivity index (χ1v) is 8.78. The number of hydrogen-bond acceptors (Lipinski definition) is 6. The van der Waals surface area contributed by atoms with Gasteiger partial charge >= 0.3 is 5.97 Å². The summed E-state index contributed by atoms with van der Waals surface area (Å²) in [5, 5.41) is 3.19. The minimum Gasteiger partial charge on any atom is -0.462 e. The molecular weight excluding hydrogens is 316 g/mol. The van der Waals surface area contributed by atoms with Gasteiger partial charge in [-0.05, 0) is 56.0 Å². The Balaban J connectivity index is 1.68. The second-order valence-corrected chi connectivity index (χ2v) is 6.35. The Morgan fingerprint density at radius 3 is 2.84 bits per heavy atom. The van der Waals surface area contributed by atoms with Crippen molar-refractivity contribution in [3.63, 3.8) is 0 Å². The first kappa shape index (κ1) is 17.2. The molecule has 1 N–H and O–H groups in total. The molecule has 1 fully saturated rings. The van der Waals surface area contributed by atoms with Gasteiger partial charge in [-0.1, -0.05) is 6.92 Å². The quantitative estimate of drug-likeness (QED) is 0.838. The number of rotatable bonds is 5. The van der Waals surface area contributed by atoms with Crippen LogP contribution in [0.25, 0.3) is 0 Å². The van der Waals surface area contributed by atoms with Crippen molar-refractivity contribution in [2.75, 3.05) is 29.9 Å². The number of aromatic nitrogens is 2. The maximum absolute atomic E-state index is 11.7. The summed E-state index contributed by atoms with van der Waals surface area (Å²) in [5.74, 6) is 1.88. The number of hydrogen-bond donors (Lipinski definition) is 1. The number of carbonyl (C=O) groups excluding carboxylic acids is 1. The van der Waals surface area contributed by atoms with E-state index < -0.39 is 0 Å². The van der Waals surface area contributed by atoms with Gasteiger partial charge in [-0.2, -0.15) is 4.98 Å². The Bertz CT molecular complexity index is 718.